The standard InChI is InChI=1S/C6H18SSi2/c8-5-1-3-7-4-2-6-9/h1-6H2,8-9H3. The van der Waals surface area contributed by atoms with Crippen molar-refractivity contribution in [3.63, 3.8) is 0 Å². The molecule has 0 unspecified atom stereocenters. The Morgan fingerprint density at radius 1 is 0.889 bits per heavy atom. The van der Waals surface area contributed by atoms with Crippen LogP contribution in [-0.4, -0.2) is 32.0 Å². The molecule has 0 bridgehead atoms. The molecule has 0 heterocycles. The fourth-order valence-electron chi connectivity index (χ4n) is 0.595. The zero-order valence-corrected chi connectivity index (χ0v) is 11.5. The summed E-state index contributed by atoms with van der Waals surface area (Å²) in [6, 6.07) is 2.99. The van der Waals surface area contributed by atoms with Crippen LogP contribution in [-0.2, 0) is 0 Å². The van der Waals surface area contributed by atoms with Crippen molar-refractivity contribution >= 4 is 32.2 Å². The molecule has 0 saturated heterocycles. The van der Waals surface area contributed by atoms with Crippen LogP contribution in [0.4, 0.5) is 0 Å². The SMILES string of the molecule is [SiH3]CCCSCCC[SiH3]. The minimum absolute atomic E-state index is 1.40. The lowest BCUT2D eigenvalue weighted by atomic mass is 10.6. The van der Waals surface area contributed by atoms with Crippen LogP contribution < -0.4 is 0 Å². The van der Waals surface area contributed by atoms with Crippen LogP contribution in [0.15, 0.2) is 0 Å². The van der Waals surface area contributed by atoms with E-state index in [4.69, 9.17) is 0 Å². The van der Waals surface area contributed by atoms with Gasteiger partial charge in [0.05, 0.1) is 0 Å². The van der Waals surface area contributed by atoms with Gasteiger partial charge in [-0.2, -0.15) is 11.8 Å². The van der Waals surface area contributed by atoms with E-state index in [1.165, 1.54) is 56.9 Å². The highest BCUT2D eigenvalue weighted by Crippen LogP contribution is 2.06. The summed E-state index contributed by atoms with van der Waals surface area (Å²) in [5, 5.41) is 0. The van der Waals surface area contributed by atoms with Gasteiger partial charge in [0.15, 0.2) is 0 Å². The van der Waals surface area contributed by atoms with Crippen molar-refractivity contribution in [2.24, 2.45) is 0 Å². The first-order valence-corrected chi connectivity index (χ1v) is 7.97. The van der Waals surface area contributed by atoms with Gasteiger partial charge in [-0.05, 0) is 24.3 Å². The summed E-state index contributed by atoms with van der Waals surface area (Å²) >= 11 is 2.15. The van der Waals surface area contributed by atoms with E-state index in [-0.39, 0.29) is 0 Å². The third-order valence-electron chi connectivity index (χ3n) is 1.28. The van der Waals surface area contributed by atoms with E-state index in [1.807, 2.05) is 0 Å². The van der Waals surface area contributed by atoms with Crippen molar-refractivity contribution in [2.45, 2.75) is 24.9 Å². The summed E-state index contributed by atoms with van der Waals surface area (Å²) in [5.74, 6) is 2.84. The molecule has 0 aliphatic carbocycles. The van der Waals surface area contributed by atoms with Crippen LogP contribution in [0.3, 0.4) is 0 Å². The Morgan fingerprint density at radius 3 is 1.67 bits per heavy atom. The molecule has 0 aliphatic rings. The molecule has 0 aromatic heterocycles. The van der Waals surface area contributed by atoms with Gasteiger partial charge in [0.25, 0.3) is 0 Å². The molecule has 0 nitrogen and oxygen atoms in total. The highest BCUT2D eigenvalue weighted by Gasteiger charge is 1.85. The predicted octanol–water partition coefficient (Wildman–Crippen LogP) is 0.0672. The van der Waals surface area contributed by atoms with E-state index in [0.29, 0.717) is 0 Å². The second-order valence-corrected chi connectivity index (χ2v) is 5.54. The summed E-state index contributed by atoms with van der Waals surface area (Å²) in [7, 11) is 2.80. The zero-order valence-electron chi connectivity index (χ0n) is 6.65. The maximum atomic E-state index is 2.15. The van der Waals surface area contributed by atoms with Crippen molar-refractivity contribution in [3.8, 4) is 0 Å². The quantitative estimate of drug-likeness (QED) is 0.410. The molecule has 3 heteroatoms. The third-order valence-corrected chi connectivity index (χ3v) is 3.85. The molecule has 0 N–H and O–H groups in total. The third kappa shape index (κ3) is 8.78. The Bertz CT molecular complexity index is 44.3. The molecule has 0 aromatic rings. The van der Waals surface area contributed by atoms with Crippen LogP contribution in [0.5, 0.6) is 0 Å². The molecule has 0 saturated carbocycles. The van der Waals surface area contributed by atoms with Gasteiger partial charge in [-0.15, -0.1) is 0 Å². The van der Waals surface area contributed by atoms with Crippen LogP contribution in [0.2, 0.25) is 12.1 Å². The molecule has 0 radical (unpaired) electrons. The minimum Gasteiger partial charge on any atom is -0.162 e. The second-order valence-electron chi connectivity index (χ2n) is 2.32. The van der Waals surface area contributed by atoms with E-state index in [2.05, 4.69) is 11.8 Å². The normalized spacial score (nSPS) is 10.7. The van der Waals surface area contributed by atoms with Crippen LogP contribution in [0, 0.1) is 0 Å². The van der Waals surface area contributed by atoms with Crippen molar-refractivity contribution in [1.82, 2.24) is 0 Å². The Morgan fingerprint density at radius 2 is 1.33 bits per heavy atom. The molecular formula is C6H18SSi2. The average Bonchev–Trinajstić information content (AvgIpc) is 1.89. The molecule has 0 amide bonds. The lowest BCUT2D eigenvalue weighted by molar-refractivity contribution is 1.07. The number of hydrogen-bond acceptors (Lipinski definition) is 1. The van der Waals surface area contributed by atoms with Crippen molar-refractivity contribution < 1.29 is 0 Å². The van der Waals surface area contributed by atoms with Gasteiger partial charge >= 0.3 is 0 Å². The van der Waals surface area contributed by atoms with E-state index in [1.54, 1.807) is 0 Å². The number of hydrogen-bond donors (Lipinski definition) is 0. The molecule has 0 aliphatic heterocycles. The molecule has 0 aromatic carbocycles. The van der Waals surface area contributed by atoms with Gasteiger partial charge in [-0.3, -0.25) is 0 Å². The smallest absolute Gasteiger partial charge is 0.00283 e. The Labute approximate surface area is 69.0 Å². The van der Waals surface area contributed by atoms with Crippen LogP contribution in [0.25, 0.3) is 0 Å². The minimum atomic E-state index is 1.40. The highest BCUT2D eigenvalue weighted by molar-refractivity contribution is 7.99. The monoisotopic (exact) mass is 178 g/mol. The Kier molecular flexibility index (Phi) is 9.55. The predicted molar refractivity (Wildman–Crippen MR) is 56.1 cm³/mol. The first kappa shape index (κ1) is 9.78. The molecule has 0 atom stereocenters. The fourth-order valence-corrected chi connectivity index (χ4v) is 3.52. The molecular weight excluding hydrogens is 160 g/mol. The van der Waals surface area contributed by atoms with E-state index < -0.39 is 0 Å². The summed E-state index contributed by atoms with van der Waals surface area (Å²) in [6.45, 7) is 0. The topological polar surface area (TPSA) is 0 Å². The van der Waals surface area contributed by atoms with Gasteiger partial charge in [0.1, 0.15) is 0 Å². The van der Waals surface area contributed by atoms with Crippen LogP contribution in [0.1, 0.15) is 12.8 Å². The maximum absolute atomic E-state index is 2.15. The molecule has 0 spiro atoms. The molecule has 0 fully saturated rings. The zero-order chi connectivity index (χ0) is 6.95. The van der Waals surface area contributed by atoms with Crippen LogP contribution >= 0.6 is 11.8 Å². The summed E-state index contributed by atoms with van der Waals surface area (Å²) in [6.07, 6.45) is 2.94. The first-order chi connectivity index (χ1) is 4.41. The summed E-state index contributed by atoms with van der Waals surface area (Å²) < 4.78 is 0. The highest BCUT2D eigenvalue weighted by atomic mass is 32.2. The van der Waals surface area contributed by atoms with Crippen molar-refractivity contribution in [3.05, 3.63) is 0 Å². The van der Waals surface area contributed by atoms with Crippen molar-refractivity contribution in [1.29, 1.82) is 0 Å². The second kappa shape index (κ2) is 8.78. The number of rotatable bonds is 6. The Hall–Kier alpha value is 0.784. The van der Waals surface area contributed by atoms with E-state index in [0.717, 1.165) is 0 Å². The van der Waals surface area contributed by atoms with Gasteiger partial charge in [-0.25, -0.2) is 0 Å². The van der Waals surface area contributed by atoms with Gasteiger partial charge in [0.2, 0.25) is 0 Å². The molecule has 0 rings (SSSR count). The van der Waals surface area contributed by atoms with Crippen molar-refractivity contribution in [2.75, 3.05) is 11.5 Å². The Balaban J connectivity index is 2.60. The molecule has 56 valence electrons. The van der Waals surface area contributed by atoms with E-state index >= 15 is 0 Å². The fraction of sp³-hybridized carbons (Fsp3) is 1.00. The van der Waals surface area contributed by atoms with E-state index in [9.17, 15) is 0 Å². The largest absolute Gasteiger partial charge is 0.162 e. The summed E-state index contributed by atoms with van der Waals surface area (Å²) in [4.78, 5) is 0. The van der Waals surface area contributed by atoms with Gasteiger partial charge in [0, 0.05) is 20.5 Å². The summed E-state index contributed by atoms with van der Waals surface area (Å²) in [5.41, 5.74) is 0. The maximum Gasteiger partial charge on any atom is 0.00283 e. The van der Waals surface area contributed by atoms with Gasteiger partial charge in [-0.1, -0.05) is 12.1 Å². The lowest BCUT2D eigenvalue weighted by Gasteiger charge is -1.96. The average molecular weight is 178 g/mol. The van der Waals surface area contributed by atoms with Gasteiger partial charge < -0.3 is 0 Å². The number of thioether (sulfide) groups is 1. The molecule has 9 heavy (non-hydrogen) atoms. The lowest BCUT2D eigenvalue weighted by Crippen LogP contribution is -1.83. The first-order valence-electron chi connectivity index (χ1n) is 3.99.